The van der Waals surface area contributed by atoms with Crippen molar-refractivity contribution in [2.75, 3.05) is 33.3 Å². The number of hydrogen-bond donors (Lipinski definition) is 0. The van der Waals surface area contributed by atoms with Gasteiger partial charge in [0.25, 0.3) is 0 Å². The molecule has 1 heterocycles. The van der Waals surface area contributed by atoms with Crippen LogP contribution in [0, 0.1) is 5.92 Å². The van der Waals surface area contributed by atoms with Gasteiger partial charge >= 0.3 is 5.97 Å². The first-order valence-corrected chi connectivity index (χ1v) is 11.2. The van der Waals surface area contributed by atoms with Gasteiger partial charge in [-0.25, -0.2) is 0 Å². The third-order valence-corrected chi connectivity index (χ3v) is 6.25. The number of rotatable bonds is 8. The number of likely N-dealkylation sites (N-methyl/N-ethyl adjacent to an activating group) is 1. The van der Waals surface area contributed by atoms with Gasteiger partial charge in [0.15, 0.2) is 5.78 Å². The number of benzene rings is 1. The minimum atomic E-state index is -0.218. The maximum atomic E-state index is 12.5. The number of esters is 1. The lowest BCUT2D eigenvalue weighted by atomic mass is 9.97. The van der Waals surface area contributed by atoms with Gasteiger partial charge in [0.2, 0.25) is 11.8 Å². The summed E-state index contributed by atoms with van der Waals surface area (Å²) in [7, 11) is 1.59. The number of amides is 2. The Hall–Kier alpha value is -2.70. The first kappa shape index (κ1) is 23.0. The molecule has 0 saturated carbocycles. The summed E-state index contributed by atoms with van der Waals surface area (Å²) in [5.41, 5.74) is 3.22. The molecule has 0 aromatic heterocycles. The van der Waals surface area contributed by atoms with Crippen LogP contribution in [0.15, 0.2) is 18.2 Å². The number of likely N-dealkylation sites (tertiary alicyclic amines) is 1. The molecule has 3 rings (SSSR count). The highest BCUT2D eigenvalue weighted by molar-refractivity contribution is 5.98. The van der Waals surface area contributed by atoms with Crippen molar-refractivity contribution in [2.45, 2.75) is 51.9 Å². The molecule has 1 aromatic carbocycles. The number of piperidine rings is 1. The van der Waals surface area contributed by atoms with Crippen molar-refractivity contribution in [2.24, 2.45) is 5.92 Å². The van der Waals surface area contributed by atoms with E-state index in [9.17, 15) is 19.2 Å². The monoisotopic (exact) mass is 428 g/mol. The number of carbonyl (C=O) groups is 4. The van der Waals surface area contributed by atoms with E-state index in [1.807, 2.05) is 18.2 Å². The summed E-state index contributed by atoms with van der Waals surface area (Å²) < 4.78 is 5.05. The van der Waals surface area contributed by atoms with Crippen molar-refractivity contribution in [1.82, 2.24) is 9.80 Å². The molecule has 0 unspecified atom stereocenters. The molecule has 0 spiro atoms. The highest BCUT2D eigenvalue weighted by Crippen LogP contribution is 2.23. The molecule has 0 atom stereocenters. The Morgan fingerprint density at radius 1 is 1.06 bits per heavy atom. The fourth-order valence-electron chi connectivity index (χ4n) is 4.32. The lowest BCUT2D eigenvalue weighted by Gasteiger charge is -2.32. The number of nitrogens with zero attached hydrogens (tertiary/aromatic N) is 2. The fourth-order valence-corrected chi connectivity index (χ4v) is 4.32. The van der Waals surface area contributed by atoms with E-state index in [0.29, 0.717) is 38.1 Å². The summed E-state index contributed by atoms with van der Waals surface area (Å²) >= 11 is 0. The second-order valence-electron chi connectivity index (χ2n) is 8.42. The summed E-state index contributed by atoms with van der Waals surface area (Å²) in [4.78, 5) is 52.4. The zero-order chi connectivity index (χ0) is 22.4. The van der Waals surface area contributed by atoms with E-state index < -0.39 is 0 Å². The summed E-state index contributed by atoms with van der Waals surface area (Å²) in [6.07, 6.45) is 4.60. The Morgan fingerprint density at radius 3 is 2.48 bits per heavy atom. The van der Waals surface area contributed by atoms with Gasteiger partial charge in [-0.15, -0.1) is 0 Å². The molecule has 1 aliphatic carbocycles. The Balaban J connectivity index is 1.41. The smallest absolute Gasteiger partial charge is 0.309 e. The van der Waals surface area contributed by atoms with Crippen LogP contribution < -0.4 is 0 Å². The van der Waals surface area contributed by atoms with E-state index in [1.54, 1.807) is 18.9 Å². The van der Waals surface area contributed by atoms with E-state index in [1.165, 1.54) is 16.0 Å². The maximum absolute atomic E-state index is 12.5. The van der Waals surface area contributed by atoms with Gasteiger partial charge in [-0.3, -0.25) is 19.2 Å². The van der Waals surface area contributed by atoms with E-state index in [-0.39, 0.29) is 48.9 Å². The summed E-state index contributed by atoms with van der Waals surface area (Å²) in [5.74, 6) is -0.750. The van der Waals surface area contributed by atoms with Crippen molar-refractivity contribution >= 4 is 23.6 Å². The van der Waals surface area contributed by atoms with Crippen molar-refractivity contribution in [3.63, 3.8) is 0 Å². The highest BCUT2D eigenvalue weighted by atomic mass is 16.5. The molecule has 1 saturated heterocycles. The Kier molecular flexibility index (Phi) is 7.82. The molecular formula is C24H32N2O5. The van der Waals surface area contributed by atoms with Crippen LogP contribution in [-0.2, 0) is 32.0 Å². The SMILES string of the molecule is CCOC(=O)C1CCN(C(=O)CN(C)C(=O)CCC(=O)c2ccc3c(c2)CCC3)CC1. The topological polar surface area (TPSA) is 84.0 Å². The fraction of sp³-hybridized carbons (Fsp3) is 0.583. The Labute approximate surface area is 183 Å². The quantitative estimate of drug-likeness (QED) is 0.469. The zero-order valence-corrected chi connectivity index (χ0v) is 18.5. The van der Waals surface area contributed by atoms with Crippen molar-refractivity contribution in [1.29, 1.82) is 0 Å². The normalized spacial score (nSPS) is 16.0. The number of carbonyl (C=O) groups excluding carboxylic acids is 4. The number of hydrogen-bond acceptors (Lipinski definition) is 5. The molecule has 7 nitrogen and oxygen atoms in total. The van der Waals surface area contributed by atoms with E-state index in [0.717, 1.165) is 19.3 Å². The molecule has 1 aliphatic heterocycles. The molecule has 1 aromatic rings. The van der Waals surface area contributed by atoms with E-state index in [2.05, 4.69) is 0 Å². The van der Waals surface area contributed by atoms with Crippen molar-refractivity contribution in [3.8, 4) is 0 Å². The summed E-state index contributed by atoms with van der Waals surface area (Å²) in [6.45, 7) is 3.10. The van der Waals surface area contributed by atoms with Crippen LogP contribution in [0.5, 0.6) is 0 Å². The third-order valence-electron chi connectivity index (χ3n) is 6.25. The Bertz CT molecular complexity index is 842. The minimum absolute atomic E-state index is 0.0179. The molecule has 0 N–H and O–H groups in total. The first-order valence-electron chi connectivity index (χ1n) is 11.2. The van der Waals surface area contributed by atoms with Crippen molar-refractivity contribution in [3.05, 3.63) is 34.9 Å². The minimum Gasteiger partial charge on any atom is -0.466 e. The predicted molar refractivity (Wildman–Crippen MR) is 116 cm³/mol. The van der Waals surface area contributed by atoms with Crippen LogP contribution in [0.4, 0.5) is 0 Å². The van der Waals surface area contributed by atoms with Crippen LogP contribution in [0.3, 0.4) is 0 Å². The van der Waals surface area contributed by atoms with Gasteiger partial charge in [0, 0.05) is 38.5 Å². The van der Waals surface area contributed by atoms with E-state index >= 15 is 0 Å². The van der Waals surface area contributed by atoms with E-state index in [4.69, 9.17) is 4.74 Å². The van der Waals surface area contributed by atoms with Gasteiger partial charge in [-0.05, 0) is 56.2 Å². The zero-order valence-electron chi connectivity index (χ0n) is 18.5. The molecule has 1 fully saturated rings. The largest absolute Gasteiger partial charge is 0.466 e. The summed E-state index contributed by atoms with van der Waals surface area (Å²) in [6, 6.07) is 5.83. The van der Waals surface area contributed by atoms with Crippen molar-refractivity contribution < 1.29 is 23.9 Å². The highest BCUT2D eigenvalue weighted by Gasteiger charge is 2.29. The molecule has 31 heavy (non-hydrogen) atoms. The molecule has 2 amide bonds. The van der Waals surface area contributed by atoms with Gasteiger partial charge in [-0.2, -0.15) is 0 Å². The third kappa shape index (κ3) is 5.93. The standard InChI is InChI=1S/C24H32N2O5/c1-3-31-24(30)18-11-13-26(14-12-18)23(29)16-25(2)22(28)10-9-21(27)20-8-7-17-5-4-6-19(17)15-20/h7-8,15,18H,3-6,9-14,16H2,1-2H3. The maximum Gasteiger partial charge on any atom is 0.309 e. The van der Waals surface area contributed by atoms with Crippen LogP contribution >= 0.6 is 0 Å². The lowest BCUT2D eigenvalue weighted by molar-refractivity contribution is -0.151. The molecule has 2 aliphatic rings. The number of ether oxygens (including phenoxy) is 1. The number of ketones is 1. The number of aryl methyl sites for hydroxylation is 2. The predicted octanol–water partition coefficient (Wildman–Crippen LogP) is 2.40. The van der Waals surface area contributed by atoms with Crippen LogP contribution in [0.1, 0.15) is 60.5 Å². The molecule has 0 radical (unpaired) electrons. The van der Waals surface area contributed by atoms with Gasteiger partial charge in [0.1, 0.15) is 0 Å². The number of fused-ring (bicyclic) bond motifs is 1. The average molecular weight is 429 g/mol. The lowest BCUT2D eigenvalue weighted by Crippen LogP contribution is -2.45. The van der Waals surface area contributed by atoms with Gasteiger partial charge < -0.3 is 14.5 Å². The van der Waals surface area contributed by atoms with Gasteiger partial charge in [-0.1, -0.05) is 12.1 Å². The molecular weight excluding hydrogens is 396 g/mol. The average Bonchev–Trinajstić information content (AvgIpc) is 3.25. The molecule has 168 valence electrons. The van der Waals surface area contributed by atoms with Gasteiger partial charge in [0.05, 0.1) is 19.1 Å². The Morgan fingerprint density at radius 2 is 1.77 bits per heavy atom. The van der Waals surface area contributed by atoms with Crippen LogP contribution in [0.25, 0.3) is 0 Å². The molecule has 7 heteroatoms. The van der Waals surface area contributed by atoms with Crippen LogP contribution in [-0.4, -0.2) is 66.7 Å². The first-order chi connectivity index (χ1) is 14.9. The number of Topliss-reactive ketones (excluding diaryl/α,β-unsaturated/α-hetero) is 1. The molecule has 0 bridgehead atoms. The second-order valence-corrected chi connectivity index (χ2v) is 8.42. The second kappa shape index (κ2) is 10.6. The van der Waals surface area contributed by atoms with Crippen LogP contribution in [0.2, 0.25) is 0 Å². The summed E-state index contributed by atoms with van der Waals surface area (Å²) in [5, 5.41) is 0.